The maximum absolute atomic E-state index is 13.2. The first-order valence-corrected chi connectivity index (χ1v) is 7.07. The van der Waals surface area contributed by atoms with Crippen LogP contribution in [0.25, 0.3) is 0 Å². The lowest BCUT2D eigenvalue weighted by molar-refractivity contribution is -0.112. The van der Waals surface area contributed by atoms with Gasteiger partial charge in [0.15, 0.2) is 11.6 Å². The van der Waals surface area contributed by atoms with Gasteiger partial charge < -0.3 is 11.1 Å². The largest absolute Gasteiger partial charge is 0.394 e. The fourth-order valence-electron chi connectivity index (χ4n) is 1.91. The summed E-state index contributed by atoms with van der Waals surface area (Å²) >= 11 is 0. The van der Waals surface area contributed by atoms with Crippen molar-refractivity contribution in [3.05, 3.63) is 71.1 Å². The number of allylic oxidation sites excluding steroid dienone is 1. The number of aromatic nitrogens is 1. The summed E-state index contributed by atoms with van der Waals surface area (Å²) < 4.78 is 26.1. The molecule has 0 atom stereocenters. The highest BCUT2D eigenvalue weighted by Crippen LogP contribution is 2.14. The average molecular weight is 330 g/mol. The molecule has 2 rings (SSSR count). The maximum Gasteiger partial charge on any atom is 0.272 e. The average Bonchev–Trinajstić information content (AvgIpc) is 2.57. The molecule has 0 aliphatic heterocycles. The van der Waals surface area contributed by atoms with Crippen LogP contribution in [0, 0.1) is 11.6 Å². The standard InChI is InChI=1S/C17H16F2N4O/c1-21-7-6-15(20)17(24)23-16-5-3-12(10-22-16)8-11-2-4-13(18)14(19)9-11/h2-7,9-10H,8,20H2,1H3,(H,22,23,24)/b15-6-,21-7?. The maximum atomic E-state index is 13.2. The topological polar surface area (TPSA) is 80.4 Å². The number of pyridine rings is 1. The SMILES string of the molecule is CN=C/C=C(\N)C(=O)Nc1ccc(Cc2ccc(F)c(F)c2)cn1. The van der Waals surface area contributed by atoms with Crippen LogP contribution in [0.15, 0.2) is 53.3 Å². The highest BCUT2D eigenvalue weighted by Gasteiger charge is 2.07. The van der Waals surface area contributed by atoms with Gasteiger partial charge in [0.25, 0.3) is 5.91 Å². The van der Waals surface area contributed by atoms with Crippen molar-refractivity contribution in [1.82, 2.24) is 4.98 Å². The Labute approximate surface area is 137 Å². The molecular formula is C17H16F2N4O. The van der Waals surface area contributed by atoms with Gasteiger partial charge in [0.05, 0.1) is 5.70 Å². The number of carbonyl (C=O) groups is 1. The van der Waals surface area contributed by atoms with E-state index in [-0.39, 0.29) is 5.70 Å². The molecule has 0 saturated carbocycles. The van der Waals surface area contributed by atoms with E-state index in [0.717, 1.165) is 17.7 Å². The van der Waals surface area contributed by atoms with Crippen molar-refractivity contribution in [3.8, 4) is 0 Å². The van der Waals surface area contributed by atoms with Crippen molar-refractivity contribution in [1.29, 1.82) is 0 Å². The zero-order valence-corrected chi connectivity index (χ0v) is 13.0. The quantitative estimate of drug-likeness (QED) is 0.653. The number of amides is 1. The molecule has 0 unspecified atom stereocenters. The van der Waals surface area contributed by atoms with Crippen LogP contribution in [0.2, 0.25) is 0 Å². The summed E-state index contributed by atoms with van der Waals surface area (Å²) in [5, 5.41) is 2.54. The molecule has 1 aromatic carbocycles. The number of benzene rings is 1. The van der Waals surface area contributed by atoms with Crippen molar-refractivity contribution in [2.45, 2.75) is 6.42 Å². The minimum absolute atomic E-state index is 0.00765. The molecule has 5 nitrogen and oxygen atoms in total. The molecule has 0 fully saturated rings. The molecule has 1 heterocycles. The molecule has 0 aliphatic rings. The van der Waals surface area contributed by atoms with E-state index in [4.69, 9.17) is 5.73 Å². The second-order valence-corrected chi connectivity index (χ2v) is 4.96. The van der Waals surface area contributed by atoms with E-state index in [9.17, 15) is 13.6 Å². The summed E-state index contributed by atoms with van der Waals surface area (Å²) in [6.07, 6.45) is 4.73. The van der Waals surface area contributed by atoms with E-state index in [1.807, 2.05) is 0 Å². The lowest BCUT2D eigenvalue weighted by Gasteiger charge is -2.06. The van der Waals surface area contributed by atoms with Crippen molar-refractivity contribution in [2.24, 2.45) is 10.7 Å². The molecule has 2 aromatic rings. The Bertz CT molecular complexity index is 786. The predicted octanol–water partition coefficient (Wildman–Crippen LogP) is 2.43. The van der Waals surface area contributed by atoms with Crippen LogP contribution in [0.1, 0.15) is 11.1 Å². The number of anilines is 1. The summed E-state index contributed by atoms with van der Waals surface area (Å²) in [4.78, 5) is 19.6. The number of rotatable bonds is 5. The van der Waals surface area contributed by atoms with E-state index < -0.39 is 17.5 Å². The summed E-state index contributed by atoms with van der Waals surface area (Å²) in [6.45, 7) is 0. The number of nitrogens with zero attached hydrogens (tertiary/aromatic N) is 2. The van der Waals surface area contributed by atoms with Crippen LogP contribution >= 0.6 is 0 Å². The zero-order valence-electron chi connectivity index (χ0n) is 13.0. The number of hydrogen-bond donors (Lipinski definition) is 2. The van der Waals surface area contributed by atoms with Gasteiger partial charge in [-0.3, -0.25) is 9.79 Å². The van der Waals surface area contributed by atoms with Crippen molar-refractivity contribution in [3.63, 3.8) is 0 Å². The Morgan fingerprint density at radius 1 is 1.25 bits per heavy atom. The number of nitrogens with two attached hydrogens (primary N) is 1. The van der Waals surface area contributed by atoms with Gasteiger partial charge in [0, 0.05) is 19.5 Å². The molecule has 124 valence electrons. The normalized spacial score (nSPS) is 11.7. The van der Waals surface area contributed by atoms with Crippen LogP contribution in [0.4, 0.5) is 14.6 Å². The monoisotopic (exact) mass is 330 g/mol. The molecule has 3 N–H and O–H groups in total. The number of hydrogen-bond acceptors (Lipinski definition) is 4. The summed E-state index contributed by atoms with van der Waals surface area (Å²) in [6, 6.07) is 7.08. The van der Waals surface area contributed by atoms with Gasteiger partial charge in [0.2, 0.25) is 0 Å². The Morgan fingerprint density at radius 2 is 2.00 bits per heavy atom. The fourth-order valence-corrected chi connectivity index (χ4v) is 1.91. The van der Waals surface area contributed by atoms with E-state index in [2.05, 4.69) is 15.3 Å². The molecule has 0 aliphatic carbocycles. The molecule has 24 heavy (non-hydrogen) atoms. The van der Waals surface area contributed by atoms with E-state index in [1.165, 1.54) is 18.4 Å². The van der Waals surface area contributed by atoms with Crippen LogP contribution in [0.5, 0.6) is 0 Å². The zero-order chi connectivity index (χ0) is 17.5. The predicted molar refractivity (Wildman–Crippen MR) is 88.7 cm³/mol. The summed E-state index contributed by atoms with van der Waals surface area (Å²) in [5.41, 5.74) is 7.00. The van der Waals surface area contributed by atoms with Gasteiger partial charge in [-0.05, 0) is 41.8 Å². The lowest BCUT2D eigenvalue weighted by atomic mass is 10.1. The van der Waals surface area contributed by atoms with Crippen LogP contribution < -0.4 is 11.1 Å². The number of halogens is 2. The fraction of sp³-hybridized carbons (Fsp3) is 0.118. The molecule has 1 aromatic heterocycles. The van der Waals surface area contributed by atoms with Gasteiger partial charge in [0.1, 0.15) is 5.82 Å². The molecule has 1 amide bonds. The van der Waals surface area contributed by atoms with Crippen molar-refractivity contribution in [2.75, 3.05) is 12.4 Å². The van der Waals surface area contributed by atoms with Gasteiger partial charge >= 0.3 is 0 Å². The van der Waals surface area contributed by atoms with Crippen molar-refractivity contribution < 1.29 is 13.6 Å². The van der Waals surface area contributed by atoms with Crippen LogP contribution in [-0.2, 0) is 11.2 Å². The Kier molecular flexibility index (Phi) is 5.73. The first kappa shape index (κ1) is 17.3. The third-order valence-electron chi connectivity index (χ3n) is 3.12. The second-order valence-electron chi connectivity index (χ2n) is 4.96. The lowest BCUT2D eigenvalue weighted by Crippen LogP contribution is -2.20. The number of nitrogens with one attached hydrogen (secondary N) is 1. The molecule has 0 spiro atoms. The number of carbonyl (C=O) groups excluding carboxylic acids is 1. The Balaban J connectivity index is 2.02. The van der Waals surface area contributed by atoms with E-state index in [1.54, 1.807) is 25.4 Å². The van der Waals surface area contributed by atoms with Gasteiger partial charge in [-0.15, -0.1) is 0 Å². The molecule has 0 radical (unpaired) electrons. The van der Waals surface area contributed by atoms with E-state index in [0.29, 0.717) is 17.8 Å². The highest BCUT2D eigenvalue weighted by atomic mass is 19.2. The van der Waals surface area contributed by atoms with Crippen LogP contribution in [-0.4, -0.2) is 24.2 Å². The molecule has 0 bridgehead atoms. The van der Waals surface area contributed by atoms with Gasteiger partial charge in [-0.1, -0.05) is 12.1 Å². The summed E-state index contributed by atoms with van der Waals surface area (Å²) in [7, 11) is 1.56. The number of aliphatic imine (C=N–C) groups is 1. The van der Waals surface area contributed by atoms with Crippen LogP contribution in [0.3, 0.4) is 0 Å². The van der Waals surface area contributed by atoms with Gasteiger partial charge in [-0.2, -0.15) is 0 Å². The summed E-state index contributed by atoms with van der Waals surface area (Å²) in [5.74, 6) is -1.93. The second kappa shape index (κ2) is 7.96. The van der Waals surface area contributed by atoms with E-state index >= 15 is 0 Å². The minimum atomic E-state index is -0.887. The molecule has 0 saturated heterocycles. The third kappa shape index (κ3) is 4.70. The minimum Gasteiger partial charge on any atom is -0.394 e. The first-order chi connectivity index (χ1) is 11.5. The van der Waals surface area contributed by atoms with Gasteiger partial charge in [-0.25, -0.2) is 13.8 Å². The Morgan fingerprint density at radius 3 is 2.62 bits per heavy atom. The van der Waals surface area contributed by atoms with Crippen molar-refractivity contribution >= 4 is 17.9 Å². The molecule has 7 heteroatoms. The smallest absolute Gasteiger partial charge is 0.272 e. The molecular weight excluding hydrogens is 314 g/mol. The Hall–Kier alpha value is -3.09. The highest BCUT2D eigenvalue weighted by molar-refractivity contribution is 6.04. The first-order valence-electron chi connectivity index (χ1n) is 7.07. The third-order valence-corrected chi connectivity index (χ3v) is 3.12.